The highest BCUT2D eigenvalue weighted by atomic mass is 16.7. The fraction of sp³-hybridized carbons (Fsp3) is 0.350. The molecule has 0 saturated carbocycles. The average Bonchev–Trinajstić information content (AvgIpc) is 2.82. The maximum atomic E-state index is 12.2. The fourth-order valence-corrected chi connectivity index (χ4v) is 2.83. The van der Waals surface area contributed by atoms with Crippen LogP contribution in [0.3, 0.4) is 0 Å². The van der Waals surface area contributed by atoms with E-state index in [9.17, 15) is 4.79 Å². The first-order chi connectivity index (χ1) is 11.7. The topological polar surface area (TPSA) is 44.8 Å². The van der Waals surface area contributed by atoms with Crippen molar-refractivity contribution in [3.63, 3.8) is 0 Å². The molecular formula is C20H23BO4. The van der Waals surface area contributed by atoms with Gasteiger partial charge in [-0.25, -0.2) is 4.79 Å². The molecular weight excluding hydrogens is 315 g/mol. The molecule has 0 spiro atoms. The van der Waals surface area contributed by atoms with Crippen molar-refractivity contribution in [3.8, 4) is 11.1 Å². The highest BCUT2D eigenvalue weighted by Crippen LogP contribution is 2.37. The molecule has 1 saturated heterocycles. The highest BCUT2D eigenvalue weighted by molar-refractivity contribution is 6.62. The zero-order valence-electron chi connectivity index (χ0n) is 15.3. The summed E-state index contributed by atoms with van der Waals surface area (Å²) in [7, 11) is 0.915. The molecule has 0 N–H and O–H groups in total. The summed E-state index contributed by atoms with van der Waals surface area (Å²) in [6.07, 6.45) is 0. The van der Waals surface area contributed by atoms with E-state index >= 15 is 0 Å². The molecule has 2 aromatic carbocycles. The van der Waals surface area contributed by atoms with Crippen molar-refractivity contribution in [2.24, 2.45) is 0 Å². The van der Waals surface area contributed by atoms with Crippen molar-refractivity contribution >= 4 is 18.6 Å². The maximum absolute atomic E-state index is 12.2. The van der Waals surface area contributed by atoms with E-state index in [4.69, 9.17) is 14.0 Å². The molecule has 0 radical (unpaired) electrons. The number of carbonyl (C=O) groups excluding carboxylic acids is 1. The van der Waals surface area contributed by atoms with Crippen LogP contribution in [0.15, 0.2) is 48.5 Å². The quantitative estimate of drug-likeness (QED) is 0.635. The number of carbonyl (C=O) groups is 1. The van der Waals surface area contributed by atoms with Crippen molar-refractivity contribution < 1.29 is 18.8 Å². The Kier molecular flexibility index (Phi) is 4.48. The van der Waals surface area contributed by atoms with Crippen LogP contribution in [-0.4, -0.2) is 31.4 Å². The lowest BCUT2D eigenvalue weighted by molar-refractivity contribution is 0.00578. The first-order valence-corrected chi connectivity index (χ1v) is 8.38. The molecule has 1 heterocycles. The Morgan fingerprint density at radius 2 is 1.56 bits per heavy atom. The minimum absolute atomic E-state index is 0.362. The van der Waals surface area contributed by atoms with Crippen molar-refractivity contribution in [2.45, 2.75) is 38.9 Å². The summed E-state index contributed by atoms with van der Waals surface area (Å²) >= 11 is 0. The lowest BCUT2D eigenvalue weighted by Crippen LogP contribution is -2.41. The molecule has 1 fully saturated rings. The summed E-state index contributed by atoms with van der Waals surface area (Å²) < 4.78 is 17.2. The van der Waals surface area contributed by atoms with Gasteiger partial charge in [0.05, 0.1) is 23.9 Å². The minimum Gasteiger partial charge on any atom is -0.465 e. The number of esters is 1. The lowest BCUT2D eigenvalue weighted by Gasteiger charge is -2.32. The van der Waals surface area contributed by atoms with Gasteiger partial charge < -0.3 is 14.0 Å². The van der Waals surface area contributed by atoms with E-state index in [1.807, 2.05) is 70.2 Å². The van der Waals surface area contributed by atoms with Crippen molar-refractivity contribution in [3.05, 3.63) is 54.1 Å². The molecule has 0 aromatic heterocycles. The molecule has 1 aliphatic rings. The van der Waals surface area contributed by atoms with E-state index in [1.165, 1.54) is 7.11 Å². The number of benzene rings is 2. The van der Waals surface area contributed by atoms with Crippen LogP contribution in [-0.2, 0) is 14.0 Å². The third kappa shape index (κ3) is 3.22. The molecule has 25 heavy (non-hydrogen) atoms. The van der Waals surface area contributed by atoms with E-state index in [1.54, 1.807) is 6.07 Å². The number of hydrogen-bond acceptors (Lipinski definition) is 4. The van der Waals surface area contributed by atoms with Gasteiger partial charge in [-0.3, -0.25) is 0 Å². The maximum Gasteiger partial charge on any atom is 0.494 e. The first-order valence-electron chi connectivity index (χ1n) is 8.38. The Bertz CT molecular complexity index is 768. The summed E-state index contributed by atoms with van der Waals surface area (Å²) in [5, 5.41) is 0. The zero-order chi connectivity index (χ0) is 18.2. The molecule has 4 nitrogen and oxygen atoms in total. The molecule has 5 heteroatoms. The molecule has 0 aliphatic carbocycles. The Hall–Kier alpha value is -2.11. The Morgan fingerprint density at radius 3 is 2.12 bits per heavy atom. The Morgan fingerprint density at radius 1 is 0.960 bits per heavy atom. The van der Waals surface area contributed by atoms with Crippen LogP contribution in [0, 0.1) is 0 Å². The minimum atomic E-state index is -0.473. The van der Waals surface area contributed by atoms with Gasteiger partial charge >= 0.3 is 13.1 Å². The first kappa shape index (κ1) is 17.7. The van der Waals surface area contributed by atoms with E-state index in [0.717, 1.165) is 16.6 Å². The largest absolute Gasteiger partial charge is 0.494 e. The number of ether oxygens (including phenoxy) is 1. The second kappa shape index (κ2) is 6.32. The predicted molar refractivity (Wildman–Crippen MR) is 98.9 cm³/mol. The van der Waals surface area contributed by atoms with E-state index < -0.39 is 18.3 Å². The molecule has 0 amide bonds. The van der Waals surface area contributed by atoms with Gasteiger partial charge in [0.2, 0.25) is 0 Å². The third-order valence-corrected chi connectivity index (χ3v) is 5.06. The van der Waals surface area contributed by atoms with Crippen LogP contribution in [0.2, 0.25) is 0 Å². The number of hydrogen-bond donors (Lipinski definition) is 0. The van der Waals surface area contributed by atoms with Crippen molar-refractivity contribution in [1.82, 2.24) is 0 Å². The molecule has 2 aromatic rings. The van der Waals surface area contributed by atoms with Crippen LogP contribution in [0.1, 0.15) is 38.1 Å². The van der Waals surface area contributed by atoms with Gasteiger partial charge in [-0.15, -0.1) is 0 Å². The van der Waals surface area contributed by atoms with E-state index in [-0.39, 0.29) is 5.97 Å². The number of rotatable bonds is 3. The summed E-state index contributed by atoms with van der Waals surface area (Å²) in [4.78, 5) is 12.2. The van der Waals surface area contributed by atoms with E-state index in [0.29, 0.717) is 5.56 Å². The van der Waals surface area contributed by atoms with Gasteiger partial charge in [-0.05, 0) is 50.4 Å². The summed E-state index contributed by atoms with van der Waals surface area (Å²) in [5.41, 5.74) is 2.33. The molecule has 3 rings (SSSR count). The zero-order valence-corrected chi connectivity index (χ0v) is 15.3. The molecule has 0 bridgehead atoms. The SMILES string of the molecule is COC(=O)c1ccc(B2OC(C)(C)C(C)(C)O2)cc1-c1ccccc1. The van der Waals surface area contributed by atoms with Gasteiger partial charge in [0.25, 0.3) is 0 Å². The molecule has 130 valence electrons. The predicted octanol–water partition coefficient (Wildman–Crippen LogP) is 3.44. The van der Waals surface area contributed by atoms with Gasteiger partial charge in [0, 0.05) is 0 Å². The molecule has 0 unspecified atom stereocenters. The van der Waals surface area contributed by atoms with Gasteiger partial charge in [-0.1, -0.05) is 42.5 Å². The fourth-order valence-electron chi connectivity index (χ4n) is 2.83. The van der Waals surface area contributed by atoms with Crippen LogP contribution in [0.5, 0.6) is 0 Å². The van der Waals surface area contributed by atoms with Crippen molar-refractivity contribution in [2.75, 3.05) is 7.11 Å². The van der Waals surface area contributed by atoms with E-state index in [2.05, 4.69) is 0 Å². The standard InChI is InChI=1S/C20H23BO4/c1-19(2)20(3,4)25-21(24-19)15-11-12-16(18(22)23-5)17(13-15)14-9-7-6-8-10-14/h6-13H,1-5H3. The van der Waals surface area contributed by atoms with Crippen LogP contribution in [0.4, 0.5) is 0 Å². The highest BCUT2D eigenvalue weighted by Gasteiger charge is 2.51. The molecule has 0 atom stereocenters. The third-order valence-electron chi connectivity index (χ3n) is 5.06. The average molecular weight is 338 g/mol. The lowest BCUT2D eigenvalue weighted by atomic mass is 9.77. The van der Waals surface area contributed by atoms with Gasteiger partial charge in [0.1, 0.15) is 0 Å². The van der Waals surface area contributed by atoms with Crippen molar-refractivity contribution in [1.29, 1.82) is 0 Å². The normalized spacial score (nSPS) is 18.2. The molecule has 1 aliphatic heterocycles. The van der Waals surface area contributed by atoms with Crippen LogP contribution in [0.25, 0.3) is 11.1 Å². The Labute approximate surface area is 149 Å². The van der Waals surface area contributed by atoms with Crippen LogP contribution < -0.4 is 5.46 Å². The summed E-state index contributed by atoms with van der Waals surface area (Å²) in [6, 6.07) is 15.3. The monoisotopic (exact) mass is 338 g/mol. The summed E-state index contributed by atoms with van der Waals surface area (Å²) in [6.45, 7) is 8.09. The second-order valence-electron chi connectivity index (χ2n) is 7.25. The van der Waals surface area contributed by atoms with Gasteiger partial charge in [0.15, 0.2) is 0 Å². The van der Waals surface area contributed by atoms with Crippen LogP contribution >= 0.6 is 0 Å². The summed E-state index contributed by atoms with van der Waals surface area (Å²) in [5.74, 6) is -0.362. The second-order valence-corrected chi connectivity index (χ2v) is 7.25. The number of methoxy groups -OCH3 is 1. The van der Waals surface area contributed by atoms with Gasteiger partial charge in [-0.2, -0.15) is 0 Å². The Balaban J connectivity index is 2.05. The smallest absolute Gasteiger partial charge is 0.465 e.